The summed E-state index contributed by atoms with van der Waals surface area (Å²) >= 11 is 0. The van der Waals surface area contributed by atoms with E-state index in [4.69, 9.17) is 28.4 Å². The Morgan fingerprint density at radius 2 is 0.700 bits per heavy atom. The summed E-state index contributed by atoms with van der Waals surface area (Å²) in [7, 11) is 3.14. The van der Waals surface area contributed by atoms with Gasteiger partial charge in [-0.15, -0.1) is 0 Å². The number of nitrogens with zero attached hydrogens (tertiary/aromatic N) is 2. The topological polar surface area (TPSA) is 130 Å². The third-order valence-corrected chi connectivity index (χ3v) is 14.2. The number of piperidine rings is 4. The van der Waals surface area contributed by atoms with Crippen LogP contribution in [0.2, 0.25) is 0 Å². The lowest BCUT2D eigenvalue weighted by Gasteiger charge is -2.95. The van der Waals surface area contributed by atoms with Crippen molar-refractivity contribution in [1.29, 1.82) is 0 Å². The van der Waals surface area contributed by atoms with Gasteiger partial charge in [0.25, 0.3) is 0 Å². The van der Waals surface area contributed by atoms with Crippen molar-refractivity contribution in [2.45, 2.75) is 63.7 Å². The van der Waals surface area contributed by atoms with Gasteiger partial charge in [0.05, 0.1) is 64.8 Å². The normalized spacial score (nSPS) is 32.2. The Morgan fingerprint density at radius 1 is 0.433 bits per heavy atom. The van der Waals surface area contributed by atoms with Crippen molar-refractivity contribution >= 4 is 35.3 Å². The summed E-state index contributed by atoms with van der Waals surface area (Å²) in [5.74, 6) is -2.95. The van der Waals surface area contributed by atoms with Gasteiger partial charge in [0, 0.05) is 23.2 Å². The standard InChI is InChI=1S/C48H50N2O10/c1-7-57-41(51)45-35(29-17-13-11-14-18-29)46(42(52)58-8-2)39-48(44(54)60-10-4)36(30-19-15-12-16-20-30)47(43(53)59-9-3,37(45)49(39)31-21-25-33(55-5)26-22-31)38(45)50(40(46)48)32-23-27-34(56-6)28-24-32/h11-28,35-40H,7-10H2,1-6H3. The van der Waals surface area contributed by atoms with E-state index in [-0.39, 0.29) is 26.4 Å². The van der Waals surface area contributed by atoms with Crippen LogP contribution in [0, 0.1) is 21.7 Å². The lowest BCUT2D eigenvalue weighted by Crippen LogP contribution is -3.10. The number of anilines is 2. The highest BCUT2D eigenvalue weighted by Crippen LogP contribution is 2.92. The van der Waals surface area contributed by atoms with Crippen LogP contribution in [-0.2, 0) is 38.1 Å². The number of hydrogen-bond acceptors (Lipinski definition) is 12. The molecular formula is C48H50N2O10. The number of methoxy groups -OCH3 is 2. The molecule has 0 spiro atoms. The average Bonchev–Trinajstić information content (AvgIpc) is 3.25. The van der Waals surface area contributed by atoms with Gasteiger partial charge in [-0.1, -0.05) is 60.7 Å². The Bertz CT molecular complexity index is 2040. The summed E-state index contributed by atoms with van der Waals surface area (Å²) in [6.07, 6.45) is 0. The predicted molar refractivity (Wildman–Crippen MR) is 221 cm³/mol. The zero-order valence-electron chi connectivity index (χ0n) is 34.7. The highest BCUT2D eigenvalue weighted by Gasteiger charge is 3.07. The van der Waals surface area contributed by atoms with Crippen molar-refractivity contribution in [2.24, 2.45) is 21.7 Å². The first-order valence-corrected chi connectivity index (χ1v) is 20.8. The molecule has 2 saturated carbocycles. The maximum Gasteiger partial charge on any atom is 0.317 e. The minimum atomic E-state index is -1.64. The van der Waals surface area contributed by atoms with Crippen LogP contribution in [0.1, 0.15) is 50.7 Å². The number of hydrogen-bond donors (Lipinski definition) is 0. The molecule has 0 radical (unpaired) electrons. The second-order valence-corrected chi connectivity index (χ2v) is 16.1. The molecule has 10 rings (SSSR count). The second kappa shape index (κ2) is 14.3. The molecule has 12 heteroatoms. The average molecular weight is 815 g/mol. The number of esters is 4. The molecule has 4 saturated heterocycles. The molecule has 6 aliphatic rings. The first-order valence-electron chi connectivity index (χ1n) is 20.8. The number of benzene rings is 4. The first kappa shape index (κ1) is 39.4. The Labute approximate surface area is 349 Å². The highest BCUT2D eigenvalue weighted by atomic mass is 16.6. The van der Waals surface area contributed by atoms with E-state index >= 15 is 19.2 Å². The Morgan fingerprint density at radius 3 is 0.933 bits per heavy atom. The molecule has 6 fully saturated rings. The van der Waals surface area contributed by atoms with Crippen molar-refractivity contribution in [3.05, 3.63) is 120 Å². The molecule has 4 aliphatic heterocycles. The van der Waals surface area contributed by atoms with Gasteiger partial charge in [-0.05, 0) is 87.4 Å². The SMILES string of the molecule is CCOC(=O)C12C(c3ccccc3)C3(C(=O)OCC)C4N(c5ccc(OC)cc5)C1C1(C(=O)OCC)C(c5ccccc5)C4(C(=O)OCC)C3N(c3ccc(OC)cc3)C21. The van der Waals surface area contributed by atoms with Gasteiger partial charge < -0.3 is 38.2 Å². The van der Waals surface area contributed by atoms with E-state index < -0.39 is 81.5 Å². The smallest absolute Gasteiger partial charge is 0.317 e. The number of carbonyl (C=O) groups excluding carboxylic acids is 4. The lowest BCUT2D eigenvalue weighted by atomic mass is 9.15. The van der Waals surface area contributed by atoms with E-state index in [2.05, 4.69) is 0 Å². The van der Waals surface area contributed by atoms with Crippen LogP contribution in [0.3, 0.4) is 0 Å². The summed E-state index contributed by atoms with van der Waals surface area (Å²) in [6.45, 7) is 7.16. The summed E-state index contributed by atoms with van der Waals surface area (Å²) in [5.41, 5.74) is -4.00. The van der Waals surface area contributed by atoms with Crippen LogP contribution < -0.4 is 19.3 Å². The summed E-state index contributed by atoms with van der Waals surface area (Å²) in [6, 6.07) is 29.5. The van der Waals surface area contributed by atoms with E-state index in [0.717, 1.165) is 0 Å². The molecule has 312 valence electrons. The first-order chi connectivity index (χ1) is 29.2. The fourth-order valence-corrected chi connectivity index (χ4v) is 13.1. The molecule has 2 aliphatic carbocycles. The van der Waals surface area contributed by atoms with Crippen molar-refractivity contribution in [3.63, 3.8) is 0 Å². The monoisotopic (exact) mass is 814 g/mol. The van der Waals surface area contributed by atoms with E-state index in [9.17, 15) is 0 Å². The van der Waals surface area contributed by atoms with Gasteiger partial charge in [-0.25, -0.2) is 0 Å². The van der Waals surface area contributed by atoms with Crippen molar-refractivity contribution in [1.82, 2.24) is 0 Å². The van der Waals surface area contributed by atoms with E-state index in [1.807, 2.05) is 94.7 Å². The zero-order valence-corrected chi connectivity index (χ0v) is 34.7. The van der Waals surface area contributed by atoms with Gasteiger partial charge in [0.2, 0.25) is 0 Å². The number of rotatable bonds is 14. The van der Waals surface area contributed by atoms with Crippen LogP contribution in [0.15, 0.2) is 109 Å². The Kier molecular flexibility index (Phi) is 9.40. The molecule has 60 heavy (non-hydrogen) atoms. The molecule has 0 unspecified atom stereocenters. The van der Waals surface area contributed by atoms with Gasteiger partial charge in [0.1, 0.15) is 33.2 Å². The van der Waals surface area contributed by atoms with Crippen molar-refractivity contribution in [2.75, 3.05) is 50.4 Å². The van der Waals surface area contributed by atoms with Gasteiger partial charge in [-0.3, -0.25) is 19.2 Å². The Hall–Kier alpha value is -6.04. The van der Waals surface area contributed by atoms with Crippen LogP contribution in [-0.4, -0.2) is 88.7 Å². The van der Waals surface area contributed by atoms with E-state index in [1.165, 1.54) is 0 Å². The molecule has 4 aromatic carbocycles. The summed E-state index contributed by atoms with van der Waals surface area (Å²) in [5, 5.41) is 0. The van der Waals surface area contributed by atoms with Crippen molar-refractivity contribution in [3.8, 4) is 11.5 Å². The number of ether oxygens (including phenoxy) is 6. The molecule has 4 aromatic rings. The third-order valence-electron chi connectivity index (χ3n) is 14.2. The van der Waals surface area contributed by atoms with E-state index in [1.54, 1.807) is 66.2 Å². The predicted octanol–water partition coefficient (Wildman–Crippen LogP) is 6.32. The maximum atomic E-state index is 15.9. The second-order valence-electron chi connectivity index (χ2n) is 16.1. The quantitative estimate of drug-likeness (QED) is 0.104. The van der Waals surface area contributed by atoms with Gasteiger partial charge in [0.15, 0.2) is 0 Å². The fourth-order valence-electron chi connectivity index (χ4n) is 13.1. The van der Waals surface area contributed by atoms with Crippen LogP contribution in [0.5, 0.6) is 11.5 Å². The molecule has 4 heterocycles. The Balaban J connectivity index is 1.53. The minimum Gasteiger partial charge on any atom is -0.497 e. The zero-order chi connectivity index (χ0) is 42.2. The molecule has 8 bridgehead atoms. The third kappa shape index (κ3) is 4.46. The molecule has 0 aromatic heterocycles. The molecule has 0 amide bonds. The summed E-state index contributed by atoms with van der Waals surface area (Å²) in [4.78, 5) is 67.6. The molecular weight excluding hydrogens is 765 g/mol. The van der Waals surface area contributed by atoms with Crippen LogP contribution in [0.4, 0.5) is 11.4 Å². The van der Waals surface area contributed by atoms with Crippen LogP contribution >= 0.6 is 0 Å². The highest BCUT2D eigenvalue weighted by molar-refractivity contribution is 6.07. The summed E-state index contributed by atoms with van der Waals surface area (Å²) < 4.78 is 36.2. The largest absolute Gasteiger partial charge is 0.497 e. The van der Waals surface area contributed by atoms with Gasteiger partial charge in [-0.2, -0.15) is 0 Å². The lowest BCUT2D eigenvalue weighted by molar-refractivity contribution is -0.340. The minimum absolute atomic E-state index is 0.0349. The van der Waals surface area contributed by atoms with E-state index in [0.29, 0.717) is 34.0 Å². The fraction of sp³-hybridized carbons (Fsp3) is 0.417. The molecule has 0 N–H and O–H groups in total. The molecule has 12 nitrogen and oxygen atoms in total. The number of carbonyl (C=O) groups is 4. The van der Waals surface area contributed by atoms with Crippen molar-refractivity contribution < 1.29 is 47.6 Å². The van der Waals surface area contributed by atoms with Crippen LogP contribution in [0.25, 0.3) is 0 Å². The molecule has 0 atom stereocenters. The van der Waals surface area contributed by atoms with Gasteiger partial charge >= 0.3 is 23.9 Å². The maximum absolute atomic E-state index is 15.9.